The van der Waals surface area contributed by atoms with Crippen LogP contribution in [0.5, 0.6) is 0 Å². The number of benzene rings is 1. The van der Waals surface area contributed by atoms with E-state index in [4.69, 9.17) is 11.6 Å². The molecule has 0 bridgehead atoms. The van der Waals surface area contributed by atoms with Gasteiger partial charge in [0.1, 0.15) is 0 Å². The molecule has 0 aromatic heterocycles. The first-order valence-corrected chi connectivity index (χ1v) is 8.01. The zero-order chi connectivity index (χ0) is 14.4. The average molecular weight is 348 g/mol. The molecule has 0 radical (unpaired) electrons. The Hall–Kier alpha value is -0.0900. The third kappa shape index (κ3) is 5.42. The van der Waals surface area contributed by atoms with Gasteiger partial charge in [-0.15, -0.1) is 0 Å². The topological polar surface area (TPSA) is 15.3 Å². The van der Waals surface area contributed by atoms with Gasteiger partial charge in [-0.25, -0.2) is 0 Å². The third-order valence-electron chi connectivity index (χ3n) is 3.44. The van der Waals surface area contributed by atoms with E-state index in [-0.39, 0.29) is 0 Å². The molecule has 0 aliphatic carbocycles. The summed E-state index contributed by atoms with van der Waals surface area (Å²) in [5.41, 5.74) is 1.18. The van der Waals surface area contributed by atoms with Crippen LogP contribution in [0.3, 0.4) is 0 Å². The lowest BCUT2D eigenvalue weighted by Gasteiger charge is -2.25. The standard InChI is InChI=1S/C15H24BrClN2/c1-5-18-15(8-9-19(4)11(2)3)13-7-6-12(16)10-14(13)17/h6-7,10-11,15,18H,5,8-9H2,1-4H3. The molecule has 108 valence electrons. The Balaban J connectivity index is 2.76. The average Bonchev–Trinajstić information content (AvgIpc) is 2.34. The van der Waals surface area contributed by atoms with Gasteiger partial charge >= 0.3 is 0 Å². The van der Waals surface area contributed by atoms with Crippen molar-refractivity contribution in [3.8, 4) is 0 Å². The van der Waals surface area contributed by atoms with Crippen molar-refractivity contribution >= 4 is 27.5 Å². The van der Waals surface area contributed by atoms with Gasteiger partial charge in [-0.1, -0.05) is 40.5 Å². The molecule has 4 heteroatoms. The van der Waals surface area contributed by atoms with Crippen LogP contribution in [0.2, 0.25) is 5.02 Å². The smallest absolute Gasteiger partial charge is 0.0465 e. The lowest BCUT2D eigenvalue weighted by atomic mass is 10.0. The molecule has 1 aromatic carbocycles. The summed E-state index contributed by atoms with van der Waals surface area (Å²) in [5, 5.41) is 4.35. The molecular weight excluding hydrogens is 324 g/mol. The minimum atomic E-state index is 0.312. The highest BCUT2D eigenvalue weighted by Crippen LogP contribution is 2.28. The van der Waals surface area contributed by atoms with Crippen LogP contribution >= 0.6 is 27.5 Å². The van der Waals surface area contributed by atoms with Gasteiger partial charge in [-0.05, 0) is 58.1 Å². The van der Waals surface area contributed by atoms with Crippen molar-refractivity contribution in [2.24, 2.45) is 0 Å². The summed E-state index contributed by atoms with van der Waals surface area (Å²) in [4.78, 5) is 2.36. The van der Waals surface area contributed by atoms with Gasteiger partial charge < -0.3 is 10.2 Å². The summed E-state index contributed by atoms with van der Waals surface area (Å²) >= 11 is 9.81. The Bertz CT molecular complexity index is 396. The van der Waals surface area contributed by atoms with Gasteiger partial charge in [-0.3, -0.25) is 0 Å². The van der Waals surface area contributed by atoms with E-state index in [0.29, 0.717) is 12.1 Å². The van der Waals surface area contributed by atoms with Crippen LogP contribution in [0.25, 0.3) is 0 Å². The summed E-state index contributed by atoms with van der Waals surface area (Å²) in [6.45, 7) is 8.57. The van der Waals surface area contributed by atoms with Crippen molar-refractivity contribution in [1.82, 2.24) is 10.2 Å². The maximum Gasteiger partial charge on any atom is 0.0465 e. The van der Waals surface area contributed by atoms with Gasteiger partial charge in [0.25, 0.3) is 0 Å². The zero-order valence-corrected chi connectivity index (χ0v) is 14.6. The maximum absolute atomic E-state index is 6.35. The first-order chi connectivity index (χ1) is 8.95. The van der Waals surface area contributed by atoms with Crippen molar-refractivity contribution in [3.63, 3.8) is 0 Å². The number of hydrogen-bond donors (Lipinski definition) is 1. The molecule has 0 aliphatic heterocycles. The van der Waals surface area contributed by atoms with E-state index in [0.717, 1.165) is 29.0 Å². The zero-order valence-electron chi connectivity index (χ0n) is 12.2. The maximum atomic E-state index is 6.35. The fraction of sp³-hybridized carbons (Fsp3) is 0.600. The number of rotatable bonds is 7. The SMILES string of the molecule is CCNC(CCN(C)C(C)C)c1ccc(Br)cc1Cl. The fourth-order valence-corrected chi connectivity index (χ4v) is 2.79. The first kappa shape index (κ1) is 17.0. The fourth-order valence-electron chi connectivity index (χ4n) is 1.99. The highest BCUT2D eigenvalue weighted by atomic mass is 79.9. The Morgan fingerprint density at radius 3 is 2.58 bits per heavy atom. The van der Waals surface area contributed by atoms with Crippen molar-refractivity contribution in [2.75, 3.05) is 20.1 Å². The van der Waals surface area contributed by atoms with Crippen LogP contribution in [0.4, 0.5) is 0 Å². The largest absolute Gasteiger partial charge is 0.310 e. The van der Waals surface area contributed by atoms with Crippen LogP contribution in [-0.4, -0.2) is 31.1 Å². The summed E-state index contributed by atoms with van der Waals surface area (Å²) < 4.78 is 1.02. The van der Waals surface area contributed by atoms with E-state index in [1.807, 2.05) is 6.07 Å². The molecule has 0 saturated carbocycles. The molecule has 1 rings (SSSR count). The molecule has 1 unspecified atom stereocenters. The second kappa shape index (κ2) is 8.25. The number of halogens is 2. The number of nitrogens with zero attached hydrogens (tertiary/aromatic N) is 1. The van der Waals surface area contributed by atoms with Gasteiger partial charge in [-0.2, -0.15) is 0 Å². The van der Waals surface area contributed by atoms with Gasteiger partial charge in [0.15, 0.2) is 0 Å². The molecule has 0 heterocycles. The van der Waals surface area contributed by atoms with Gasteiger partial charge in [0, 0.05) is 21.6 Å². The predicted molar refractivity (Wildman–Crippen MR) is 88.0 cm³/mol. The van der Waals surface area contributed by atoms with Crippen LogP contribution in [-0.2, 0) is 0 Å². The van der Waals surface area contributed by atoms with E-state index in [1.165, 1.54) is 5.56 Å². The van der Waals surface area contributed by atoms with Crippen molar-refractivity contribution in [3.05, 3.63) is 33.3 Å². The number of hydrogen-bond acceptors (Lipinski definition) is 2. The molecule has 0 fully saturated rings. The summed E-state index contributed by atoms with van der Waals surface area (Å²) in [5.74, 6) is 0. The lowest BCUT2D eigenvalue weighted by molar-refractivity contribution is 0.257. The predicted octanol–water partition coefficient (Wildman–Crippen LogP) is 4.48. The normalized spacial score (nSPS) is 13.3. The molecular formula is C15H24BrClN2. The summed E-state index contributed by atoms with van der Waals surface area (Å²) in [6.07, 6.45) is 1.06. The highest BCUT2D eigenvalue weighted by Gasteiger charge is 2.15. The van der Waals surface area contributed by atoms with Crippen LogP contribution < -0.4 is 5.32 Å². The Labute approximate surface area is 130 Å². The molecule has 0 aliphatic rings. The molecule has 0 amide bonds. The van der Waals surface area contributed by atoms with Crippen molar-refractivity contribution in [1.29, 1.82) is 0 Å². The van der Waals surface area contributed by atoms with Gasteiger partial charge in [0.05, 0.1) is 0 Å². The lowest BCUT2D eigenvalue weighted by Crippen LogP contribution is -2.31. The number of nitrogens with one attached hydrogen (secondary N) is 1. The van der Waals surface area contributed by atoms with E-state index >= 15 is 0 Å². The third-order valence-corrected chi connectivity index (χ3v) is 4.26. The van der Waals surface area contributed by atoms with E-state index in [2.05, 4.69) is 66.1 Å². The van der Waals surface area contributed by atoms with Crippen LogP contribution in [0.15, 0.2) is 22.7 Å². The molecule has 19 heavy (non-hydrogen) atoms. The van der Waals surface area contributed by atoms with E-state index < -0.39 is 0 Å². The Kier molecular flexibility index (Phi) is 7.37. The molecule has 1 atom stereocenters. The Morgan fingerprint density at radius 1 is 1.37 bits per heavy atom. The second-order valence-corrected chi connectivity index (χ2v) is 6.46. The second-order valence-electron chi connectivity index (χ2n) is 5.14. The summed E-state index contributed by atoms with van der Waals surface area (Å²) in [6, 6.07) is 7.01. The summed E-state index contributed by atoms with van der Waals surface area (Å²) in [7, 11) is 2.16. The van der Waals surface area contributed by atoms with E-state index in [1.54, 1.807) is 0 Å². The van der Waals surface area contributed by atoms with Crippen molar-refractivity contribution < 1.29 is 0 Å². The van der Waals surface area contributed by atoms with Crippen molar-refractivity contribution in [2.45, 2.75) is 39.3 Å². The highest BCUT2D eigenvalue weighted by molar-refractivity contribution is 9.10. The van der Waals surface area contributed by atoms with Gasteiger partial charge in [0.2, 0.25) is 0 Å². The minimum absolute atomic E-state index is 0.312. The molecule has 1 aromatic rings. The molecule has 1 N–H and O–H groups in total. The molecule has 0 saturated heterocycles. The molecule has 0 spiro atoms. The molecule has 2 nitrogen and oxygen atoms in total. The minimum Gasteiger partial charge on any atom is -0.310 e. The quantitative estimate of drug-likeness (QED) is 0.782. The van der Waals surface area contributed by atoms with Crippen LogP contribution in [0, 0.1) is 0 Å². The first-order valence-electron chi connectivity index (χ1n) is 6.84. The van der Waals surface area contributed by atoms with Crippen LogP contribution in [0.1, 0.15) is 38.8 Å². The monoisotopic (exact) mass is 346 g/mol. The van der Waals surface area contributed by atoms with E-state index in [9.17, 15) is 0 Å². The Morgan fingerprint density at radius 2 is 2.05 bits per heavy atom.